The first kappa shape index (κ1) is 46.7. The van der Waals surface area contributed by atoms with Gasteiger partial charge in [0.05, 0.1) is 62.0 Å². The zero-order chi connectivity index (χ0) is 49.2. The van der Waals surface area contributed by atoms with Crippen molar-refractivity contribution in [1.29, 1.82) is 0 Å². The fraction of sp³-hybridized carbons (Fsp3) is 0.314. The number of rotatable bonds is 16. The zero-order valence-corrected chi connectivity index (χ0v) is 39.0. The lowest BCUT2D eigenvalue weighted by molar-refractivity contribution is -0.128. The van der Waals surface area contributed by atoms with Gasteiger partial charge in [-0.25, -0.2) is 4.79 Å². The zero-order valence-electron chi connectivity index (χ0n) is 39.0. The highest BCUT2D eigenvalue weighted by Gasteiger charge is 2.36. The van der Waals surface area contributed by atoms with E-state index >= 15 is 0 Å². The molecule has 9 rings (SSSR count). The Morgan fingerprint density at radius 2 is 1.24 bits per heavy atom. The van der Waals surface area contributed by atoms with E-state index in [1.54, 1.807) is 78.7 Å². The molecule has 0 saturated carbocycles. The van der Waals surface area contributed by atoms with Crippen LogP contribution in [-0.2, 0) is 9.59 Å². The van der Waals surface area contributed by atoms with Crippen molar-refractivity contribution in [3.8, 4) is 34.5 Å². The van der Waals surface area contributed by atoms with Crippen molar-refractivity contribution in [3.63, 3.8) is 0 Å². The lowest BCUT2D eigenvalue weighted by atomic mass is 10.0. The number of carboxylic acid groups (broad SMARTS) is 1. The van der Waals surface area contributed by atoms with Crippen molar-refractivity contribution in [2.75, 3.05) is 39.5 Å². The predicted octanol–water partition coefficient (Wildman–Crippen LogP) is 6.96. The molecule has 0 aliphatic carbocycles. The molecule has 0 bridgehead atoms. The normalized spacial score (nSPS) is 18.0. The second-order valence-electron chi connectivity index (χ2n) is 17.5. The number of amides is 5. The topological polar surface area (TPSA) is 228 Å². The van der Waals surface area contributed by atoms with Gasteiger partial charge in [-0.3, -0.25) is 29.2 Å². The molecule has 0 aromatic heterocycles. The number of ether oxygens (including phenoxy) is 6. The molecule has 19 nitrogen and oxygen atoms in total. The van der Waals surface area contributed by atoms with E-state index in [1.807, 2.05) is 36.5 Å². The van der Waals surface area contributed by atoms with Crippen LogP contribution in [0.25, 0.3) is 11.1 Å². The minimum atomic E-state index is -1.33. The van der Waals surface area contributed by atoms with E-state index in [9.17, 15) is 24.0 Å². The van der Waals surface area contributed by atoms with Gasteiger partial charge < -0.3 is 59.3 Å². The molecule has 5 heterocycles. The summed E-state index contributed by atoms with van der Waals surface area (Å²) in [5.41, 5.74) is 5.82. The third kappa shape index (κ3) is 9.54. The second-order valence-corrected chi connectivity index (χ2v) is 17.5. The molecule has 5 aliphatic rings. The van der Waals surface area contributed by atoms with Crippen LogP contribution < -0.4 is 44.4 Å². The van der Waals surface area contributed by atoms with Gasteiger partial charge in [-0.15, -0.1) is 0 Å². The van der Waals surface area contributed by atoms with Crippen molar-refractivity contribution in [2.24, 2.45) is 15.9 Å². The summed E-state index contributed by atoms with van der Waals surface area (Å²) in [7, 11) is 3.02. The number of fused-ring (bicyclic) bond motifs is 5. The van der Waals surface area contributed by atoms with Gasteiger partial charge in [0.1, 0.15) is 12.1 Å². The maximum Gasteiger partial charge on any atom is 0.405 e. The Bertz CT molecular complexity index is 2890. The number of nitrogens with one attached hydrogen (secondary N) is 3. The molecule has 4 aromatic carbocycles. The Balaban J connectivity index is 0.788. The number of methoxy groups -OCH3 is 2. The number of hydrogen-bond donors (Lipinski definition) is 4. The standard InChI is InChI=1S/C51H51N7O12/c1-27(2)46(56-51(63)64)48(60)54-28(3)47(59)55-33-10-7-29(8-11-33)31-15-34-22-52-38-20-44(41(65-4)18-36(38)49(61)57(34)24-31)67-13-6-14-68-45-21-39-37(19-42(45)66-5)50(62)58-25-32(16-35(58)23-53-39)30-9-12-40-43(17-30)70-26-69-40/h7-12,17-25,27-28,34-35,46,56H,6,13-16,26H2,1-5H3,(H,54,60)(H,55,59)(H,63,64)/t28?,34-,35-,46?/m0/s1. The largest absolute Gasteiger partial charge is 0.493 e. The summed E-state index contributed by atoms with van der Waals surface area (Å²) in [5, 5.41) is 16.6. The Morgan fingerprint density at radius 1 is 0.700 bits per heavy atom. The summed E-state index contributed by atoms with van der Waals surface area (Å²) in [6.07, 6.45) is 7.41. The Kier molecular flexibility index (Phi) is 13.2. The van der Waals surface area contributed by atoms with E-state index < -0.39 is 30.0 Å². The number of carbonyl (C=O) groups is 5. The van der Waals surface area contributed by atoms with E-state index in [0.717, 1.165) is 22.3 Å². The maximum atomic E-state index is 14.0. The monoisotopic (exact) mass is 953 g/mol. The van der Waals surface area contributed by atoms with Crippen LogP contribution in [0.2, 0.25) is 0 Å². The first-order chi connectivity index (χ1) is 33.8. The molecular weight excluding hydrogens is 903 g/mol. The van der Waals surface area contributed by atoms with Gasteiger partial charge in [0.25, 0.3) is 11.8 Å². The number of hydrogen-bond acceptors (Lipinski definition) is 13. The van der Waals surface area contributed by atoms with Crippen LogP contribution >= 0.6 is 0 Å². The summed E-state index contributed by atoms with van der Waals surface area (Å²) in [6, 6.07) is 17.0. The molecule has 362 valence electrons. The molecule has 5 aliphatic heterocycles. The van der Waals surface area contributed by atoms with E-state index in [0.29, 0.717) is 81.9 Å². The number of nitrogens with zero attached hydrogens (tertiary/aromatic N) is 4. The summed E-state index contributed by atoms with van der Waals surface area (Å²) < 4.78 is 34.6. The summed E-state index contributed by atoms with van der Waals surface area (Å²) in [4.78, 5) is 77.3. The van der Waals surface area contributed by atoms with Crippen LogP contribution in [-0.4, -0.2) is 115 Å². The van der Waals surface area contributed by atoms with E-state index in [1.165, 1.54) is 21.1 Å². The molecule has 0 radical (unpaired) electrons. The molecule has 0 spiro atoms. The molecule has 4 aromatic rings. The number of aliphatic imine (C=N–C) groups is 2. The van der Waals surface area contributed by atoms with Crippen molar-refractivity contribution >= 4 is 70.4 Å². The van der Waals surface area contributed by atoms with Gasteiger partial charge in [-0.05, 0) is 71.5 Å². The lowest BCUT2D eigenvalue weighted by Crippen LogP contribution is -2.53. The molecule has 2 unspecified atom stereocenters. The van der Waals surface area contributed by atoms with Crippen molar-refractivity contribution < 1.29 is 57.5 Å². The SMILES string of the molecule is COc1cc2c(cc1OCCCOc1cc3c(cc1OC)C(=O)N1C=C(c4ccc5c(c4)OCO5)C[C@H]1C=N3)N=C[C@@H]1CC(c3ccc(NC(=O)C(C)NC(=O)C(NC(=O)O)C(C)C)cc3)=CN1C2=O. The minimum absolute atomic E-state index is 0.184. The molecule has 4 atom stereocenters. The van der Waals surface area contributed by atoms with Crippen LogP contribution in [0, 0.1) is 5.92 Å². The third-order valence-electron chi connectivity index (χ3n) is 12.5. The van der Waals surface area contributed by atoms with E-state index in [-0.39, 0.29) is 49.8 Å². The average Bonchev–Trinajstić information content (AvgIpc) is 4.09. The summed E-state index contributed by atoms with van der Waals surface area (Å²) in [6.45, 7) is 5.59. The van der Waals surface area contributed by atoms with Crippen molar-refractivity contribution in [2.45, 2.75) is 64.2 Å². The predicted molar refractivity (Wildman–Crippen MR) is 258 cm³/mol. The Labute approximate surface area is 402 Å². The van der Waals surface area contributed by atoms with E-state index in [2.05, 4.69) is 16.0 Å². The van der Waals surface area contributed by atoms with Crippen LogP contribution in [0.4, 0.5) is 21.9 Å². The van der Waals surface area contributed by atoms with Gasteiger partial charge in [-0.1, -0.05) is 32.0 Å². The van der Waals surface area contributed by atoms with Crippen molar-refractivity contribution in [1.82, 2.24) is 20.4 Å². The van der Waals surface area contributed by atoms with Gasteiger partial charge >= 0.3 is 6.09 Å². The molecule has 0 saturated heterocycles. The highest BCUT2D eigenvalue weighted by molar-refractivity contribution is 6.07. The quantitative estimate of drug-likeness (QED) is 0.0836. The summed E-state index contributed by atoms with van der Waals surface area (Å²) in [5.74, 6) is 1.11. The van der Waals surface area contributed by atoms with E-state index in [4.69, 9.17) is 43.5 Å². The first-order valence-electron chi connectivity index (χ1n) is 22.7. The summed E-state index contributed by atoms with van der Waals surface area (Å²) >= 11 is 0. The number of anilines is 1. The molecule has 70 heavy (non-hydrogen) atoms. The molecule has 4 N–H and O–H groups in total. The minimum Gasteiger partial charge on any atom is -0.493 e. The Morgan fingerprint density at radius 3 is 1.79 bits per heavy atom. The molecule has 5 amide bonds. The fourth-order valence-corrected chi connectivity index (χ4v) is 8.72. The third-order valence-corrected chi connectivity index (χ3v) is 12.5. The Hall–Kier alpha value is -8.35. The van der Waals surface area contributed by atoms with Crippen LogP contribution in [0.3, 0.4) is 0 Å². The molecule has 19 heteroatoms. The molecule has 0 fully saturated rings. The molecular formula is C51H51N7O12. The van der Waals surface area contributed by atoms with Crippen LogP contribution in [0.1, 0.15) is 71.9 Å². The fourth-order valence-electron chi connectivity index (χ4n) is 8.72. The number of benzene rings is 4. The maximum absolute atomic E-state index is 14.0. The second kappa shape index (κ2) is 19.7. The average molecular weight is 954 g/mol. The van der Waals surface area contributed by atoms with Gasteiger partial charge in [0.15, 0.2) is 34.5 Å². The van der Waals surface area contributed by atoms with Gasteiger partial charge in [0.2, 0.25) is 18.6 Å². The van der Waals surface area contributed by atoms with Crippen molar-refractivity contribution in [3.05, 3.63) is 101 Å². The lowest BCUT2D eigenvalue weighted by Gasteiger charge is -2.22. The highest BCUT2D eigenvalue weighted by atomic mass is 16.7. The number of carbonyl (C=O) groups excluding carboxylic acids is 4. The van der Waals surface area contributed by atoms with Gasteiger partial charge in [0, 0.05) is 61.9 Å². The van der Waals surface area contributed by atoms with Gasteiger partial charge in [-0.2, -0.15) is 0 Å². The first-order valence-corrected chi connectivity index (χ1v) is 22.7. The smallest absolute Gasteiger partial charge is 0.405 e. The van der Waals surface area contributed by atoms with Crippen LogP contribution in [0.5, 0.6) is 34.5 Å². The van der Waals surface area contributed by atoms with Crippen LogP contribution in [0.15, 0.2) is 89.1 Å². The highest BCUT2D eigenvalue weighted by Crippen LogP contribution is 2.43.